The third-order valence-corrected chi connectivity index (χ3v) is 4.30. The van der Waals surface area contributed by atoms with Crippen LogP contribution < -0.4 is 5.32 Å². The van der Waals surface area contributed by atoms with Crippen LogP contribution in [0.15, 0.2) is 48.8 Å². The van der Waals surface area contributed by atoms with Crippen molar-refractivity contribution in [1.82, 2.24) is 20.3 Å². The fraction of sp³-hybridized carbons (Fsp3) is 0.125. The van der Waals surface area contributed by atoms with E-state index in [4.69, 9.17) is 0 Å². The van der Waals surface area contributed by atoms with Crippen LogP contribution in [-0.4, -0.2) is 20.9 Å². The van der Waals surface area contributed by atoms with Gasteiger partial charge in [0.1, 0.15) is 5.01 Å². The highest BCUT2D eigenvalue weighted by Gasteiger charge is 2.12. The fourth-order valence-corrected chi connectivity index (χ4v) is 2.96. The lowest BCUT2D eigenvalue weighted by Gasteiger charge is -2.02. The van der Waals surface area contributed by atoms with Crippen molar-refractivity contribution >= 4 is 17.2 Å². The van der Waals surface area contributed by atoms with E-state index in [9.17, 15) is 4.79 Å². The van der Waals surface area contributed by atoms with Gasteiger partial charge in [0, 0.05) is 22.8 Å². The molecule has 0 saturated carbocycles. The van der Waals surface area contributed by atoms with E-state index in [-0.39, 0.29) is 11.7 Å². The van der Waals surface area contributed by atoms with E-state index in [2.05, 4.69) is 20.3 Å². The monoisotopic (exact) mass is 310 g/mol. The molecular weight excluding hydrogens is 296 g/mol. The smallest absolute Gasteiger partial charge is 0.289 e. The Kier molecular flexibility index (Phi) is 4.20. The summed E-state index contributed by atoms with van der Waals surface area (Å²) in [4.78, 5) is 25.4. The van der Waals surface area contributed by atoms with Gasteiger partial charge in [-0.05, 0) is 13.0 Å². The van der Waals surface area contributed by atoms with Crippen LogP contribution in [0.1, 0.15) is 21.2 Å². The molecule has 1 N–H and O–H groups in total. The Bertz CT molecular complexity index is 771. The first-order valence-electron chi connectivity index (χ1n) is 6.81. The molecule has 0 radical (unpaired) electrons. The van der Waals surface area contributed by atoms with E-state index < -0.39 is 0 Å². The molecule has 0 aliphatic heterocycles. The summed E-state index contributed by atoms with van der Waals surface area (Å²) in [5, 5.41) is 3.78. The number of thiazole rings is 1. The molecule has 3 rings (SSSR count). The van der Waals surface area contributed by atoms with Gasteiger partial charge in [-0.3, -0.25) is 4.79 Å². The van der Waals surface area contributed by atoms with Crippen LogP contribution in [0.3, 0.4) is 0 Å². The molecule has 1 amide bonds. The minimum atomic E-state index is -0.283. The van der Waals surface area contributed by atoms with Gasteiger partial charge in [-0.1, -0.05) is 30.3 Å². The summed E-state index contributed by atoms with van der Waals surface area (Å²) >= 11 is 1.58. The molecule has 2 aromatic heterocycles. The molecular formula is C16H14N4OS. The van der Waals surface area contributed by atoms with Gasteiger partial charge in [0.15, 0.2) is 0 Å². The maximum atomic E-state index is 12.0. The number of hydrogen-bond acceptors (Lipinski definition) is 5. The second-order valence-electron chi connectivity index (χ2n) is 4.65. The van der Waals surface area contributed by atoms with Crippen molar-refractivity contribution in [1.29, 1.82) is 0 Å². The van der Waals surface area contributed by atoms with Gasteiger partial charge >= 0.3 is 0 Å². The molecule has 5 nitrogen and oxygen atoms in total. The van der Waals surface area contributed by atoms with Crippen molar-refractivity contribution in [3.63, 3.8) is 0 Å². The lowest BCUT2D eigenvalue weighted by molar-refractivity contribution is 0.0941. The Morgan fingerprint density at radius 1 is 1.14 bits per heavy atom. The number of aryl methyl sites for hydroxylation is 1. The predicted octanol–water partition coefficient (Wildman–Crippen LogP) is 2.84. The van der Waals surface area contributed by atoms with Crippen LogP contribution in [-0.2, 0) is 6.54 Å². The first-order chi connectivity index (χ1) is 10.7. The van der Waals surface area contributed by atoms with E-state index in [1.54, 1.807) is 29.8 Å². The zero-order valence-corrected chi connectivity index (χ0v) is 12.8. The van der Waals surface area contributed by atoms with Crippen molar-refractivity contribution in [3.8, 4) is 10.6 Å². The predicted molar refractivity (Wildman–Crippen MR) is 85.5 cm³/mol. The molecule has 1 aromatic carbocycles. The molecule has 22 heavy (non-hydrogen) atoms. The third-order valence-electron chi connectivity index (χ3n) is 3.09. The number of benzene rings is 1. The normalized spacial score (nSPS) is 10.4. The van der Waals surface area contributed by atoms with E-state index in [1.807, 2.05) is 37.3 Å². The van der Waals surface area contributed by atoms with Crippen molar-refractivity contribution < 1.29 is 4.79 Å². The maximum Gasteiger partial charge on any atom is 0.289 e. The number of hydrogen-bond donors (Lipinski definition) is 1. The molecule has 6 heteroatoms. The molecule has 0 unspecified atom stereocenters. The number of carbonyl (C=O) groups is 1. The average molecular weight is 310 g/mol. The summed E-state index contributed by atoms with van der Waals surface area (Å²) in [6.45, 7) is 2.37. The average Bonchev–Trinajstić information content (AvgIpc) is 2.95. The number of aromatic nitrogens is 3. The van der Waals surface area contributed by atoms with Crippen LogP contribution in [0.5, 0.6) is 0 Å². The van der Waals surface area contributed by atoms with Crippen LogP contribution in [0.2, 0.25) is 0 Å². The van der Waals surface area contributed by atoms with Crippen LogP contribution in [0.25, 0.3) is 10.6 Å². The number of rotatable bonds is 4. The Labute approximate surface area is 132 Å². The first-order valence-corrected chi connectivity index (χ1v) is 7.62. The zero-order valence-electron chi connectivity index (χ0n) is 12.0. The van der Waals surface area contributed by atoms with Crippen molar-refractivity contribution in [2.45, 2.75) is 13.5 Å². The Hall–Kier alpha value is -2.60. The molecule has 0 atom stereocenters. The number of nitrogens with zero attached hydrogens (tertiary/aromatic N) is 3. The molecule has 0 bridgehead atoms. The lowest BCUT2D eigenvalue weighted by Crippen LogP contribution is -2.24. The SMILES string of the molecule is Cc1nc(-c2ccccc2)sc1CNC(=O)c1ncccn1. The Morgan fingerprint density at radius 3 is 2.59 bits per heavy atom. The first kappa shape index (κ1) is 14.3. The highest BCUT2D eigenvalue weighted by atomic mass is 32.1. The number of nitrogens with one attached hydrogen (secondary N) is 1. The number of amides is 1. The topological polar surface area (TPSA) is 67.8 Å². The lowest BCUT2D eigenvalue weighted by atomic mass is 10.2. The molecule has 0 fully saturated rings. The summed E-state index contributed by atoms with van der Waals surface area (Å²) < 4.78 is 0. The van der Waals surface area contributed by atoms with Crippen molar-refractivity contribution in [3.05, 3.63) is 65.2 Å². The molecule has 2 heterocycles. The molecule has 0 aliphatic rings. The number of carbonyl (C=O) groups excluding carboxylic acids is 1. The molecule has 0 aliphatic carbocycles. The summed E-state index contributed by atoms with van der Waals surface area (Å²) in [6, 6.07) is 11.7. The van der Waals surface area contributed by atoms with E-state index >= 15 is 0 Å². The van der Waals surface area contributed by atoms with Gasteiger partial charge in [0.05, 0.1) is 12.2 Å². The Morgan fingerprint density at radius 2 is 1.86 bits per heavy atom. The highest BCUT2D eigenvalue weighted by molar-refractivity contribution is 7.15. The van der Waals surface area contributed by atoms with Gasteiger partial charge in [0.2, 0.25) is 5.82 Å². The summed E-state index contributed by atoms with van der Waals surface area (Å²) in [5.41, 5.74) is 2.01. The van der Waals surface area contributed by atoms with Gasteiger partial charge < -0.3 is 5.32 Å². The largest absolute Gasteiger partial charge is 0.344 e. The van der Waals surface area contributed by atoms with Gasteiger partial charge in [0.25, 0.3) is 5.91 Å². The van der Waals surface area contributed by atoms with Crippen molar-refractivity contribution in [2.24, 2.45) is 0 Å². The standard InChI is InChI=1S/C16H14N4OS/c1-11-13(10-19-15(21)14-17-8-5-9-18-14)22-16(20-11)12-6-3-2-4-7-12/h2-9H,10H2,1H3,(H,19,21). The van der Waals surface area contributed by atoms with Crippen LogP contribution in [0.4, 0.5) is 0 Å². The second kappa shape index (κ2) is 6.44. The summed E-state index contributed by atoms with van der Waals surface area (Å²) in [6.07, 6.45) is 3.10. The van der Waals surface area contributed by atoms with Crippen LogP contribution >= 0.6 is 11.3 Å². The van der Waals surface area contributed by atoms with E-state index in [0.29, 0.717) is 6.54 Å². The molecule has 3 aromatic rings. The van der Waals surface area contributed by atoms with Crippen molar-refractivity contribution in [2.75, 3.05) is 0 Å². The molecule has 0 spiro atoms. The van der Waals surface area contributed by atoms with Gasteiger partial charge in [-0.2, -0.15) is 0 Å². The minimum Gasteiger partial charge on any atom is -0.344 e. The third kappa shape index (κ3) is 3.17. The highest BCUT2D eigenvalue weighted by Crippen LogP contribution is 2.27. The van der Waals surface area contributed by atoms with Crippen LogP contribution in [0, 0.1) is 6.92 Å². The van der Waals surface area contributed by atoms with E-state index in [1.165, 1.54) is 0 Å². The fourth-order valence-electron chi connectivity index (χ4n) is 1.95. The van der Waals surface area contributed by atoms with Gasteiger partial charge in [-0.15, -0.1) is 11.3 Å². The maximum absolute atomic E-state index is 12.0. The minimum absolute atomic E-state index is 0.174. The second-order valence-corrected chi connectivity index (χ2v) is 5.73. The molecule has 0 saturated heterocycles. The molecule has 110 valence electrons. The van der Waals surface area contributed by atoms with Gasteiger partial charge in [-0.25, -0.2) is 15.0 Å². The summed E-state index contributed by atoms with van der Waals surface area (Å²) in [5.74, 6) is -0.109. The Balaban J connectivity index is 1.71. The zero-order chi connectivity index (χ0) is 15.4. The quantitative estimate of drug-likeness (QED) is 0.804. The van der Waals surface area contributed by atoms with E-state index in [0.717, 1.165) is 21.1 Å². The summed E-state index contributed by atoms with van der Waals surface area (Å²) in [7, 11) is 0.